The van der Waals surface area contributed by atoms with Crippen molar-refractivity contribution in [1.29, 1.82) is 0 Å². The minimum atomic E-state index is -1.01. The number of nitrogens with zero attached hydrogens (tertiary/aromatic N) is 12. The molecule has 35 heteroatoms. The van der Waals surface area contributed by atoms with Gasteiger partial charge in [-0.25, -0.2) is 39.3 Å². The number of carbonyl (C=O) groups is 3. The number of aliphatic hydroxyl groups excluding tert-OH is 1. The number of anilines is 4. The van der Waals surface area contributed by atoms with E-state index in [-0.39, 0.29) is 13.5 Å². The van der Waals surface area contributed by atoms with E-state index < -0.39 is 44.8 Å². The first-order valence-electron chi connectivity index (χ1n) is 88.6. The van der Waals surface area contributed by atoms with Gasteiger partial charge in [-0.1, -0.05) is 50.5 Å². The third kappa shape index (κ3) is 35.1. The maximum Gasteiger partial charge on any atom is 0.228 e. The van der Waals surface area contributed by atoms with Crippen molar-refractivity contribution < 1.29 is 229 Å². The fourth-order valence-corrected chi connectivity index (χ4v) is 10.6. The van der Waals surface area contributed by atoms with Gasteiger partial charge in [-0.2, -0.15) is 0 Å². The summed E-state index contributed by atoms with van der Waals surface area (Å²) in [6.45, 7) is 61.5. The van der Waals surface area contributed by atoms with Crippen molar-refractivity contribution in [3.63, 3.8) is 0 Å². The number of carbonyl (C=O) groups excluding carboxylic acids is 3. The van der Waals surface area contributed by atoms with E-state index >= 15 is 0 Å². The van der Waals surface area contributed by atoms with Gasteiger partial charge < -0.3 is 90.0 Å². The van der Waals surface area contributed by atoms with Gasteiger partial charge in [0, 0.05) is 233 Å². The van der Waals surface area contributed by atoms with E-state index in [1.807, 2.05) is 0 Å². The number of hydrogen-bond donors (Lipinski definition) is 9. The second kappa shape index (κ2) is 50.1. The number of halogens is 1. The van der Waals surface area contributed by atoms with Crippen molar-refractivity contribution in [3.8, 4) is 46.5 Å². The number of aldehydes is 3. The van der Waals surface area contributed by atoms with Crippen molar-refractivity contribution in [2.45, 2.75) is 214 Å². The molecule has 0 unspecified atom stereocenters. The molecule has 4 fully saturated rings. The molecule has 0 saturated carbocycles. The Hall–Kier alpha value is -10.7. The second-order valence-electron chi connectivity index (χ2n) is 33.7. The Labute approximate surface area is 911 Å². The summed E-state index contributed by atoms with van der Waals surface area (Å²) in [5.74, 6) is 6.32. The number of rotatable bonds is 20. The van der Waals surface area contributed by atoms with Gasteiger partial charge in [-0.05, 0) is 271 Å². The first kappa shape index (κ1) is 55.9. The van der Waals surface area contributed by atoms with Crippen LogP contribution in [0.4, 0.5) is 46.0 Å². The van der Waals surface area contributed by atoms with Crippen molar-refractivity contribution in [3.05, 3.63) is 194 Å². The molecule has 11 N–H and O–H groups in total. The minimum Gasteiger partial charge on any atom is -0.439 e. The quantitative estimate of drug-likeness (QED) is 0.0194. The van der Waals surface area contributed by atoms with Crippen LogP contribution in [0, 0.1) is 26.3 Å². The second-order valence-corrected chi connectivity index (χ2v) is 34.6. The third-order valence-corrected chi connectivity index (χ3v) is 21.8. The summed E-state index contributed by atoms with van der Waals surface area (Å²) in [5, 5.41) is 82.1. The zero-order chi connectivity index (χ0) is 191. The molecule has 8 aromatic rings. The first-order valence-corrected chi connectivity index (χ1v) is 41.4. The largest absolute Gasteiger partial charge is 0.439 e. The number of pyridine rings is 4. The SMILES string of the molecule is CC(C)(O)C(C)(C)O.CC(C)(O)C(C)(C)O.CC(C)(O)C(C)(C)O.CC(C)(O)C(C)(C)O.O.[2HH].[2H][2H].[2H][2H].[2H][2H].[2H][2H].[2H][2H].[2H][2H].[2H][2H].[2H][2H].[2H][2H].[2H][2H].[2H][2H].[2H][2H].[2H][2H].[2H][2H].[2H][2H].[2H][2H].[2H][2H].[2H][2H].[2H][2H].[2H][2H].[2H][2H].[2H][2H].[2H][2H].[2H][2H].[2H][2H].[2H][2H].[2H][2H].[2H][2H].[2H][2H].[2H][2H].[2H][2H].[2H][2H].[2H][2H].[2H][2H].[2H][2H].[2H][2H].[2H][2H].[2H][2H].[2H][2H].[2H][2H].[2H][2H].[2H][2H].[2H][2H].[2H][2H].[2H][2H].[2H][2H].[2H][2H].[2H][2H].[B][B].[B]c1ccc(Oc2ccc([N+]#[C-])c(N3CCCC3)n2)cc1C=O.[B]c1ccc(Oc2ccc([N+]#[C-])c(N3CCCC3)n2)cc1C=O.[B]c1ccc(Oc2ccc([N+]#[C-])c(N3CCCC3)n2)cc1CO.[C-]#[N+]c1ccc(Oc2ccc(Br)c(C=O)c2)nc1N1CCCC1. The van der Waals surface area contributed by atoms with Crippen molar-refractivity contribution in [1.82, 2.24) is 19.9 Å². The Morgan fingerprint density at radius 2 is 0.567 bits per heavy atom. The summed E-state index contributed by atoms with van der Waals surface area (Å²) in [4.78, 5) is 73.4. The van der Waals surface area contributed by atoms with E-state index in [4.69, 9.17) is 252 Å². The molecular formula is C92H214B5BrN12O17. The van der Waals surface area contributed by atoms with E-state index in [9.17, 15) is 19.5 Å². The van der Waals surface area contributed by atoms with Crippen molar-refractivity contribution in [2.24, 2.45) is 0 Å². The van der Waals surface area contributed by atoms with Crippen LogP contribution in [0.25, 0.3) is 19.4 Å². The highest BCUT2D eigenvalue weighted by Crippen LogP contribution is 2.39. The molecule has 4 saturated heterocycles. The topological polar surface area (TPSA) is 384 Å². The lowest BCUT2D eigenvalue weighted by atomic mass is 9.81. The van der Waals surface area contributed by atoms with Crippen LogP contribution in [0.3, 0.4) is 0 Å². The Bertz CT molecular complexity index is 4810. The number of ether oxygens (including phenoxy) is 4. The molecule has 0 spiro atoms. The minimum absolute atomic E-state index is 0. The van der Waals surface area contributed by atoms with Gasteiger partial charge in [0.2, 0.25) is 46.3 Å². The summed E-state index contributed by atoms with van der Waals surface area (Å²) in [5.41, 5.74) is -2.75. The van der Waals surface area contributed by atoms with E-state index in [0.29, 0.717) is 148 Å². The van der Waals surface area contributed by atoms with Gasteiger partial charge in [0.25, 0.3) is 0 Å². The van der Waals surface area contributed by atoms with Gasteiger partial charge in [-0.15, -0.1) is 0 Å². The van der Waals surface area contributed by atoms with Crippen LogP contribution in [0.1, 0.15) is 343 Å². The van der Waals surface area contributed by atoms with Gasteiger partial charge in [0.05, 0.1) is 77.7 Å². The highest BCUT2D eigenvalue weighted by Gasteiger charge is 2.35. The Morgan fingerprint density at radius 3 is 0.772 bits per heavy atom. The fraction of sp³-hybridized carbons (Fsp3) is 0.446. The fourth-order valence-electron chi connectivity index (χ4n) is 10.3. The molecule has 0 aliphatic carbocycles. The van der Waals surface area contributed by atoms with Gasteiger partial charge >= 0.3 is 0 Å². The standard InChI is InChI=1S/C17H16BN3O2.2C17H14BN3O2.C17H14BrN3O2.4C6H14O2.B2.H2O.49H2/c4*1-19-15-6-7-16(20-17(15)21-8-2-3-9-21)23-13-4-5-14(18)12(10-13)11-22;4*1-5(2,7)6(3,4)8;1-2;;;;;;;;;;;;;;;;;;;;;;;;;;;;;;;;;;;;;;;;;;;;;;;;;;/h4-7,10,22H,2-3,8-9,11H2;3*4-7,10-11H,2-3,8-9H2;4*7-8H,1-4H3;;1H2;49*1H/i;;;;;;;;;;48*1+1D;1+1. The molecule has 29 nitrogen and oxygen atoms in total. The number of benzene rings is 4. The van der Waals surface area contributed by atoms with Crippen LogP contribution in [0.5, 0.6) is 46.5 Å². The number of aromatic nitrogens is 4. The summed E-state index contributed by atoms with van der Waals surface area (Å²) in [6, 6.07) is 33.6. The molecule has 10 radical (unpaired) electrons. The lowest BCUT2D eigenvalue weighted by Crippen LogP contribution is -2.44. The molecule has 4 aromatic heterocycles. The average Bonchev–Trinajstić information content (AvgIpc) is 1.51. The maximum absolute atomic E-state index is 11.0. The average molecular weight is 1990 g/mol. The predicted molar refractivity (Wildman–Crippen MR) is 609 cm³/mol. The summed E-state index contributed by atoms with van der Waals surface area (Å²) in [6.07, 6.45) is 11.0. The maximum atomic E-state index is 11.0. The molecule has 8 heterocycles. The molecule has 4 aromatic carbocycles. The van der Waals surface area contributed by atoms with E-state index in [1.54, 1.807) is 232 Å². The first-order chi connectivity index (χ1) is 107. The molecule has 0 amide bonds. The summed E-state index contributed by atoms with van der Waals surface area (Å²) < 4.78 is 504. The highest BCUT2D eigenvalue weighted by molar-refractivity contribution is 9.10. The Balaban J connectivity index is -0.0000000333. The lowest BCUT2D eigenvalue weighted by Gasteiger charge is -2.31. The van der Waals surface area contributed by atoms with Gasteiger partial charge in [-0.3, -0.25) is 14.4 Å². The zero-order valence-electron chi connectivity index (χ0n) is 171. The predicted octanol–water partition coefficient (Wildman–Crippen LogP) is 24.8. The highest BCUT2D eigenvalue weighted by atomic mass is 79.9. The molecular weight excluding hydrogens is 1680 g/mol. The van der Waals surface area contributed by atoms with Crippen LogP contribution < -0.4 is 54.9 Å². The Kier molecular flexibility index (Phi) is 22.1. The van der Waals surface area contributed by atoms with Gasteiger partial charge in [0.1, 0.15) is 82.4 Å². The molecule has 766 valence electrons. The van der Waals surface area contributed by atoms with Crippen LogP contribution in [0.15, 0.2) is 126 Å². The monoisotopic (exact) mass is 1990 g/mol. The van der Waals surface area contributed by atoms with Crippen molar-refractivity contribution >= 4 is 136 Å². The van der Waals surface area contributed by atoms with Crippen LogP contribution in [0.2, 0.25) is 0 Å². The third-order valence-electron chi connectivity index (χ3n) is 21.0. The van der Waals surface area contributed by atoms with Gasteiger partial charge in [0.15, 0.2) is 6.29 Å². The van der Waals surface area contributed by atoms with Crippen molar-refractivity contribution in [2.75, 3.05) is 72.0 Å². The summed E-state index contributed by atoms with van der Waals surface area (Å²) in [7, 11) is 25.2. The van der Waals surface area contributed by atoms with Crippen LogP contribution in [-0.2, 0) is 6.61 Å². The van der Waals surface area contributed by atoms with Crippen LogP contribution in [-0.4, -0.2) is 226 Å². The number of hydrogen-bond acceptors (Lipinski definition) is 24. The molecule has 4 aliphatic rings. The Morgan fingerprint density at radius 1 is 0.362 bits per heavy atom. The molecule has 12 rings (SSSR count). The molecule has 0 bridgehead atoms. The van der Waals surface area contributed by atoms with Crippen LogP contribution >= 0.6 is 15.9 Å². The number of aliphatic hydroxyl groups is 9. The molecule has 127 heavy (non-hydrogen) atoms. The molecule has 4 aliphatic heterocycles. The molecule has 0 atom stereocenters. The zero-order valence-corrected chi connectivity index (χ0v) is 76.9. The summed E-state index contributed by atoms with van der Waals surface area (Å²) >= 11 is 3.31. The van der Waals surface area contributed by atoms with E-state index in [2.05, 4.69) is 90.3 Å². The lowest BCUT2D eigenvalue weighted by molar-refractivity contribution is -0.107. The smallest absolute Gasteiger partial charge is 0.228 e. The van der Waals surface area contributed by atoms with E-state index in [0.717, 1.165) is 110 Å². The normalized spacial score (nSPS) is 16.6. The van der Waals surface area contributed by atoms with E-state index in [1.165, 1.54) is 0 Å².